The van der Waals surface area contributed by atoms with Crippen LogP contribution in [0.1, 0.15) is 58.6 Å². The Kier molecular flexibility index (Phi) is 6.00. The lowest BCUT2D eigenvalue weighted by Crippen LogP contribution is -2.48. The molecule has 2 aliphatic heterocycles. The number of benzene rings is 3. The number of carbonyl (C=O) groups excluding carboxylic acids is 2. The maximum atomic E-state index is 14.3. The van der Waals surface area contributed by atoms with Crippen molar-refractivity contribution in [2.45, 2.75) is 50.1 Å². The number of ether oxygens (including phenoxy) is 1. The lowest BCUT2D eigenvalue weighted by atomic mass is 9.84. The molecule has 5 nitrogen and oxygen atoms in total. The van der Waals surface area contributed by atoms with Crippen molar-refractivity contribution in [3.8, 4) is 17.2 Å². The molecule has 3 aliphatic rings. The molecule has 0 saturated carbocycles. The Balaban J connectivity index is 1.13. The van der Waals surface area contributed by atoms with Crippen LogP contribution >= 0.6 is 0 Å². The zero-order valence-corrected chi connectivity index (χ0v) is 20.4. The first-order chi connectivity index (χ1) is 18.0. The standard InChI is InChI=1S/C31H27FN2O3/c32-29-17-20(10-9-19(29)13-14-33)30(35)21-15-22-11-12-23(16-21)34(22)31(36)37-18-28-26-7-3-1-5-24(26)25-6-2-4-8-27(25)28/h1-10,17,21-23,28H,11-13,15-16,18H2. The van der Waals surface area contributed by atoms with Gasteiger partial charge in [0.15, 0.2) is 5.78 Å². The van der Waals surface area contributed by atoms with Crippen molar-refractivity contribution in [2.75, 3.05) is 6.61 Å². The number of nitriles is 1. The van der Waals surface area contributed by atoms with Crippen molar-refractivity contribution in [2.24, 2.45) is 5.92 Å². The van der Waals surface area contributed by atoms with Crippen LogP contribution in [0.25, 0.3) is 11.1 Å². The molecule has 3 aromatic rings. The van der Waals surface area contributed by atoms with Gasteiger partial charge in [-0.3, -0.25) is 4.79 Å². The molecule has 6 rings (SSSR count). The lowest BCUT2D eigenvalue weighted by molar-refractivity contribution is 0.0506. The molecule has 3 aromatic carbocycles. The van der Waals surface area contributed by atoms with Crippen LogP contribution in [0.15, 0.2) is 66.7 Å². The molecule has 0 radical (unpaired) electrons. The number of fused-ring (bicyclic) bond motifs is 5. The number of hydrogen-bond donors (Lipinski definition) is 0. The van der Waals surface area contributed by atoms with Gasteiger partial charge in [0, 0.05) is 35.0 Å². The number of Topliss-reactive ketones (excluding diaryl/α,β-unsaturated/α-hetero) is 1. The SMILES string of the molecule is N#CCc1ccc(C(=O)C2CC3CCC(C2)N3C(=O)OCC2c3ccccc3-c3ccccc32)cc1F. The number of ketones is 1. The number of rotatable bonds is 5. The molecule has 0 N–H and O–H groups in total. The minimum atomic E-state index is -0.522. The highest BCUT2D eigenvalue weighted by atomic mass is 19.1. The van der Waals surface area contributed by atoms with E-state index >= 15 is 0 Å². The van der Waals surface area contributed by atoms with Crippen LogP contribution in [0.2, 0.25) is 0 Å². The average molecular weight is 495 g/mol. The smallest absolute Gasteiger partial charge is 0.410 e. The maximum Gasteiger partial charge on any atom is 0.410 e. The number of amides is 1. The molecule has 6 heteroatoms. The van der Waals surface area contributed by atoms with Crippen LogP contribution in [0, 0.1) is 23.1 Å². The van der Waals surface area contributed by atoms with E-state index in [4.69, 9.17) is 10.00 Å². The molecule has 2 bridgehead atoms. The Morgan fingerprint density at radius 2 is 1.57 bits per heavy atom. The quantitative estimate of drug-likeness (QED) is 0.392. The van der Waals surface area contributed by atoms with Crippen LogP contribution < -0.4 is 0 Å². The van der Waals surface area contributed by atoms with Gasteiger partial charge >= 0.3 is 6.09 Å². The van der Waals surface area contributed by atoms with E-state index in [0.29, 0.717) is 24.0 Å². The number of piperidine rings is 1. The summed E-state index contributed by atoms with van der Waals surface area (Å²) in [5.74, 6) is -0.860. The number of halogens is 1. The second-order valence-electron chi connectivity index (χ2n) is 10.3. The average Bonchev–Trinajstić information content (AvgIpc) is 3.38. The van der Waals surface area contributed by atoms with Crippen LogP contribution in [0.4, 0.5) is 9.18 Å². The lowest BCUT2D eigenvalue weighted by Gasteiger charge is -2.37. The van der Waals surface area contributed by atoms with Gasteiger partial charge in [0.1, 0.15) is 12.4 Å². The molecule has 2 fully saturated rings. The third-order valence-electron chi connectivity index (χ3n) is 8.26. The number of nitrogens with zero attached hydrogens (tertiary/aromatic N) is 2. The van der Waals surface area contributed by atoms with Gasteiger partial charge < -0.3 is 9.64 Å². The molecule has 1 aliphatic carbocycles. The molecule has 1 amide bonds. The first-order valence-electron chi connectivity index (χ1n) is 12.9. The maximum absolute atomic E-state index is 14.3. The van der Waals surface area contributed by atoms with Crippen molar-refractivity contribution in [1.29, 1.82) is 5.26 Å². The zero-order chi connectivity index (χ0) is 25.5. The van der Waals surface area contributed by atoms with Gasteiger partial charge in [-0.25, -0.2) is 9.18 Å². The fourth-order valence-corrected chi connectivity index (χ4v) is 6.52. The Labute approximate surface area is 215 Å². The van der Waals surface area contributed by atoms with Gasteiger partial charge in [-0.05, 0) is 54.0 Å². The van der Waals surface area contributed by atoms with E-state index in [1.54, 1.807) is 6.07 Å². The summed E-state index contributed by atoms with van der Waals surface area (Å²) in [6.07, 6.45) is 2.46. The second-order valence-corrected chi connectivity index (χ2v) is 10.3. The summed E-state index contributed by atoms with van der Waals surface area (Å²) in [4.78, 5) is 28.3. The molecule has 0 aromatic heterocycles. The molecule has 37 heavy (non-hydrogen) atoms. The highest BCUT2D eigenvalue weighted by Crippen LogP contribution is 2.45. The molecule has 2 atom stereocenters. The van der Waals surface area contributed by atoms with Crippen LogP contribution in [-0.4, -0.2) is 35.5 Å². The van der Waals surface area contributed by atoms with E-state index in [1.165, 1.54) is 34.4 Å². The number of hydrogen-bond acceptors (Lipinski definition) is 4. The largest absolute Gasteiger partial charge is 0.448 e. The summed E-state index contributed by atoms with van der Waals surface area (Å²) in [7, 11) is 0. The summed E-state index contributed by atoms with van der Waals surface area (Å²) in [6.45, 7) is 0.277. The van der Waals surface area contributed by atoms with Crippen LogP contribution in [-0.2, 0) is 11.2 Å². The van der Waals surface area contributed by atoms with E-state index in [2.05, 4.69) is 24.3 Å². The van der Waals surface area contributed by atoms with Crippen molar-refractivity contribution in [3.63, 3.8) is 0 Å². The van der Waals surface area contributed by atoms with Gasteiger partial charge in [0.2, 0.25) is 0 Å². The van der Waals surface area contributed by atoms with Gasteiger partial charge in [0.05, 0.1) is 12.5 Å². The molecule has 0 spiro atoms. The second kappa shape index (κ2) is 9.48. The molecular formula is C31H27FN2O3. The molecule has 2 unspecified atom stereocenters. The first-order valence-corrected chi connectivity index (χ1v) is 12.9. The Bertz CT molecular complexity index is 1370. The topological polar surface area (TPSA) is 70.4 Å². The molecule has 186 valence electrons. The fraction of sp³-hybridized carbons (Fsp3) is 0.323. The van der Waals surface area contributed by atoms with Crippen molar-refractivity contribution >= 4 is 11.9 Å². The molecule has 2 heterocycles. The van der Waals surface area contributed by atoms with Crippen LogP contribution in [0.5, 0.6) is 0 Å². The summed E-state index contributed by atoms with van der Waals surface area (Å²) < 4.78 is 20.2. The van der Waals surface area contributed by atoms with E-state index in [1.807, 2.05) is 35.2 Å². The molecular weight excluding hydrogens is 467 g/mol. The van der Waals surface area contributed by atoms with Crippen molar-refractivity contribution in [3.05, 3.63) is 94.8 Å². The van der Waals surface area contributed by atoms with Gasteiger partial charge in [-0.15, -0.1) is 0 Å². The predicted octanol–water partition coefficient (Wildman–Crippen LogP) is 6.27. The summed E-state index contributed by atoms with van der Waals surface area (Å²) in [5.41, 5.74) is 5.36. The summed E-state index contributed by atoms with van der Waals surface area (Å²) >= 11 is 0. The van der Waals surface area contributed by atoms with E-state index in [0.717, 1.165) is 12.8 Å². The van der Waals surface area contributed by atoms with Crippen molar-refractivity contribution < 1.29 is 18.7 Å². The van der Waals surface area contributed by atoms with E-state index in [-0.39, 0.29) is 48.8 Å². The first kappa shape index (κ1) is 23.4. The van der Waals surface area contributed by atoms with Crippen LogP contribution in [0.3, 0.4) is 0 Å². The third kappa shape index (κ3) is 4.09. The van der Waals surface area contributed by atoms with Crippen molar-refractivity contribution in [1.82, 2.24) is 4.90 Å². The zero-order valence-electron chi connectivity index (χ0n) is 20.4. The Hall–Kier alpha value is -3.98. The monoisotopic (exact) mass is 494 g/mol. The highest BCUT2D eigenvalue weighted by molar-refractivity contribution is 5.98. The highest BCUT2D eigenvalue weighted by Gasteiger charge is 2.46. The van der Waals surface area contributed by atoms with E-state index < -0.39 is 5.82 Å². The Morgan fingerprint density at radius 1 is 0.946 bits per heavy atom. The number of carbonyl (C=O) groups is 2. The summed E-state index contributed by atoms with van der Waals surface area (Å²) in [6, 6.07) is 22.7. The predicted molar refractivity (Wildman–Crippen MR) is 136 cm³/mol. The normalized spacial score (nSPS) is 21.7. The van der Waals surface area contributed by atoms with Gasteiger partial charge in [-0.1, -0.05) is 60.7 Å². The minimum absolute atomic E-state index is 0.00650. The summed E-state index contributed by atoms with van der Waals surface area (Å²) in [5, 5.41) is 8.82. The fourth-order valence-electron chi connectivity index (χ4n) is 6.52. The third-order valence-corrected chi connectivity index (χ3v) is 8.26. The van der Waals surface area contributed by atoms with Gasteiger partial charge in [-0.2, -0.15) is 5.26 Å². The molecule has 2 saturated heterocycles. The van der Waals surface area contributed by atoms with E-state index in [9.17, 15) is 14.0 Å². The Morgan fingerprint density at radius 3 is 2.16 bits per heavy atom. The van der Waals surface area contributed by atoms with Gasteiger partial charge in [0.25, 0.3) is 0 Å². The minimum Gasteiger partial charge on any atom is -0.448 e.